The first-order chi connectivity index (χ1) is 21.2. The number of esters is 2. The second-order valence-electron chi connectivity index (χ2n) is 11.9. The highest BCUT2D eigenvalue weighted by atomic mass is 16.5. The summed E-state index contributed by atoms with van der Waals surface area (Å²) in [6.07, 6.45) is 1.10. The molecule has 0 N–H and O–H groups in total. The Labute approximate surface area is 257 Å². The van der Waals surface area contributed by atoms with E-state index in [0.29, 0.717) is 35.1 Å². The molecular formula is C35H35N3O6. The predicted octanol–water partition coefficient (Wildman–Crippen LogP) is 4.33. The highest BCUT2D eigenvalue weighted by Crippen LogP contribution is 2.63. The molecule has 2 aromatic carbocycles. The first-order valence-electron chi connectivity index (χ1n) is 14.9. The van der Waals surface area contributed by atoms with Crippen molar-refractivity contribution in [2.24, 2.45) is 35.0 Å². The number of ether oxygens (including phenoxy) is 2. The Bertz CT molecular complexity index is 1600. The number of fused-ring (bicyclic) bond motifs is 3. The fourth-order valence-corrected chi connectivity index (χ4v) is 7.99. The lowest BCUT2D eigenvalue weighted by Gasteiger charge is -2.52. The Morgan fingerprint density at radius 3 is 2.25 bits per heavy atom. The van der Waals surface area contributed by atoms with E-state index in [1.807, 2.05) is 30.3 Å². The molecule has 2 aromatic rings. The lowest BCUT2D eigenvalue weighted by Crippen LogP contribution is -2.55. The van der Waals surface area contributed by atoms with Gasteiger partial charge in [0.1, 0.15) is 0 Å². The summed E-state index contributed by atoms with van der Waals surface area (Å²) in [5, 5.41) is 20.2. The molecule has 3 aliphatic rings. The second kappa shape index (κ2) is 12.1. The quantitative estimate of drug-likeness (QED) is 0.342. The van der Waals surface area contributed by atoms with Crippen molar-refractivity contribution < 1.29 is 28.7 Å². The number of amides is 2. The smallest absolute Gasteiger partial charge is 0.334 e. The molecule has 1 aliphatic heterocycles. The maximum Gasteiger partial charge on any atom is 0.334 e. The average molecular weight is 594 g/mol. The Balaban J connectivity index is 1.76. The molecule has 226 valence electrons. The molecule has 0 radical (unpaired) electrons. The minimum absolute atomic E-state index is 0.105. The number of aryl methyl sites for hydroxylation is 1. The van der Waals surface area contributed by atoms with E-state index >= 15 is 0 Å². The van der Waals surface area contributed by atoms with E-state index in [-0.39, 0.29) is 24.8 Å². The van der Waals surface area contributed by atoms with Gasteiger partial charge in [-0.3, -0.25) is 19.3 Å². The number of imide groups is 1. The van der Waals surface area contributed by atoms with E-state index in [4.69, 9.17) is 9.47 Å². The molecule has 0 bridgehead atoms. The number of benzene rings is 2. The fourth-order valence-electron chi connectivity index (χ4n) is 7.99. The van der Waals surface area contributed by atoms with Crippen LogP contribution < -0.4 is 0 Å². The van der Waals surface area contributed by atoms with Crippen LogP contribution in [0.15, 0.2) is 65.7 Å². The van der Waals surface area contributed by atoms with Gasteiger partial charge >= 0.3 is 11.9 Å². The van der Waals surface area contributed by atoms with Gasteiger partial charge in [-0.05, 0) is 61.3 Å². The fraction of sp³-hybridized carbons (Fsp3) is 0.429. The van der Waals surface area contributed by atoms with Crippen molar-refractivity contribution in [3.05, 3.63) is 82.4 Å². The minimum atomic E-state index is -1.73. The molecular weight excluding hydrogens is 558 g/mol. The topological polar surface area (TPSA) is 138 Å². The molecule has 44 heavy (non-hydrogen) atoms. The molecule has 2 amide bonds. The van der Waals surface area contributed by atoms with Crippen molar-refractivity contribution in [1.29, 1.82) is 10.5 Å². The zero-order chi connectivity index (χ0) is 31.8. The highest BCUT2D eigenvalue weighted by molar-refractivity contribution is 6.07. The van der Waals surface area contributed by atoms with E-state index in [2.05, 4.69) is 12.1 Å². The largest absolute Gasteiger partial charge is 0.468 e. The average Bonchev–Trinajstić information content (AvgIpc) is 3.27. The van der Waals surface area contributed by atoms with Crippen molar-refractivity contribution in [3.8, 4) is 12.1 Å². The van der Waals surface area contributed by atoms with Crippen molar-refractivity contribution in [2.75, 3.05) is 20.8 Å². The summed E-state index contributed by atoms with van der Waals surface area (Å²) in [7, 11) is 2.67. The number of allylic oxidation sites excluding steroid dienone is 1. The van der Waals surface area contributed by atoms with E-state index in [0.717, 1.165) is 10.5 Å². The van der Waals surface area contributed by atoms with Gasteiger partial charge in [0, 0.05) is 24.5 Å². The van der Waals surface area contributed by atoms with Gasteiger partial charge in [-0.1, -0.05) is 55.0 Å². The molecule has 9 heteroatoms. The van der Waals surface area contributed by atoms with E-state index < -0.39 is 52.9 Å². The summed E-state index contributed by atoms with van der Waals surface area (Å²) < 4.78 is 10.9. The van der Waals surface area contributed by atoms with Crippen LogP contribution in [0.4, 0.5) is 0 Å². The summed E-state index contributed by atoms with van der Waals surface area (Å²) in [5.74, 6) is -6.65. The molecule has 0 spiro atoms. The SMILES string of the molecule is CCOC(=O)C1=C2C[C@H](c3ccc(C#N)cc3)[C@@](C#N)(C(=O)OC)C(C)[C@H]2[C@H]2C(=O)N(C)C(=O)[C@H]2[C@H]1CCc1ccccc1. The van der Waals surface area contributed by atoms with Gasteiger partial charge in [0.05, 0.1) is 43.3 Å². The van der Waals surface area contributed by atoms with Crippen molar-refractivity contribution in [3.63, 3.8) is 0 Å². The summed E-state index contributed by atoms with van der Waals surface area (Å²) in [6, 6.07) is 20.8. The van der Waals surface area contributed by atoms with E-state index in [9.17, 15) is 29.7 Å². The third-order valence-corrected chi connectivity index (χ3v) is 10.0. The molecule has 1 saturated carbocycles. The normalized spacial score (nSPS) is 29.3. The lowest BCUT2D eigenvalue weighted by molar-refractivity contribution is -0.158. The minimum Gasteiger partial charge on any atom is -0.468 e. The number of carbonyl (C=O) groups excluding carboxylic acids is 4. The van der Waals surface area contributed by atoms with Gasteiger partial charge in [-0.15, -0.1) is 0 Å². The number of hydrogen-bond donors (Lipinski definition) is 0. The number of methoxy groups -OCH3 is 1. The van der Waals surface area contributed by atoms with E-state index in [1.54, 1.807) is 38.1 Å². The molecule has 7 atom stereocenters. The first kappa shape index (κ1) is 30.7. The molecule has 1 unspecified atom stereocenters. The molecule has 0 aromatic heterocycles. The molecule has 2 aliphatic carbocycles. The highest BCUT2D eigenvalue weighted by Gasteiger charge is 2.67. The Morgan fingerprint density at radius 2 is 1.66 bits per heavy atom. The van der Waals surface area contributed by atoms with Crippen molar-refractivity contribution in [1.82, 2.24) is 4.90 Å². The monoisotopic (exact) mass is 593 g/mol. The number of carbonyl (C=O) groups is 4. The summed E-state index contributed by atoms with van der Waals surface area (Å²) >= 11 is 0. The summed E-state index contributed by atoms with van der Waals surface area (Å²) in [4.78, 5) is 56.4. The lowest BCUT2D eigenvalue weighted by atomic mass is 9.48. The van der Waals surface area contributed by atoms with Crippen LogP contribution >= 0.6 is 0 Å². The molecule has 5 rings (SSSR count). The number of nitrogens with zero attached hydrogens (tertiary/aromatic N) is 3. The summed E-state index contributed by atoms with van der Waals surface area (Å²) in [5.41, 5.74) is 1.37. The third-order valence-electron chi connectivity index (χ3n) is 10.0. The van der Waals surface area contributed by atoms with Crippen LogP contribution in [-0.2, 0) is 35.1 Å². The predicted molar refractivity (Wildman–Crippen MR) is 158 cm³/mol. The summed E-state index contributed by atoms with van der Waals surface area (Å²) in [6.45, 7) is 3.57. The number of nitriles is 2. The Morgan fingerprint density at radius 1 is 1.00 bits per heavy atom. The molecule has 1 heterocycles. The standard InChI is InChI=1S/C35H35N3O6/c1-5-44-33(41)28-24(16-13-21-9-7-6-8-10-21)29-30(32(40)38(3)31(29)39)27-20(2)35(19-37,34(42)43-4)26(17-25(27)28)23-14-11-22(18-36)12-15-23/h6-12,14-15,20,24,26-27,29-30H,5,13,16-17H2,1-4H3/t20?,24-,26+,27+,29-,30+,35-/m0/s1. The van der Waals surface area contributed by atoms with Crippen LogP contribution in [-0.4, -0.2) is 49.4 Å². The zero-order valence-electron chi connectivity index (χ0n) is 25.3. The van der Waals surface area contributed by atoms with Crippen LogP contribution in [0.3, 0.4) is 0 Å². The molecule has 1 saturated heterocycles. The van der Waals surface area contributed by atoms with Crippen LogP contribution in [0.2, 0.25) is 0 Å². The maximum absolute atomic E-state index is 13.9. The second-order valence-corrected chi connectivity index (χ2v) is 11.9. The Hall–Kier alpha value is -4.76. The van der Waals surface area contributed by atoms with E-state index in [1.165, 1.54) is 14.2 Å². The van der Waals surface area contributed by atoms with Crippen LogP contribution in [0, 0.1) is 57.7 Å². The van der Waals surface area contributed by atoms with Crippen molar-refractivity contribution >= 4 is 23.8 Å². The molecule has 9 nitrogen and oxygen atoms in total. The van der Waals surface area contributed by atoms with Crippen LogP contribution in [0.25, 0.3) is 0 Å². The maximum atomic E-state index is 13.9. The number of likely N-dealkylation sites (tertiary alicyclic amines) is 1. The number of rotatable bonds is 7. The van der Waals surface area contributed by atoms with Gasteiger partial charge in [0.2, 0.25) is 11.8 Å². The van der Waals surface area contributed by atoms with Gasteiger partial charge < -0.3 is 9.47 Å². The van der Waals surface area contributed by atoms with Gasteiger partial charge in [0.25, 0.3) is 0 Å². The number of hydrogen-bond acceptors (Lipinski definition) is 8. The Kier molecular flexibility index (Phi) is 8.43. The van der Waals surface area contributed by atoms with Gasteiger partial charge in [-0.2, -0.15) is 10.5 Å². The first-order valence-corrected chi connectivity index (χ1v) is 14.9. The van der Waals surface area contributed by atoms with Gasteiger partial charge in [0.15, 0.2) is 5.41 Å². The van der Waals surface area contributed by atoms with Crippen molar-refractivity contribution in [2.45, 2.75) is 39.0 Å². The molecule has 2 fully saturated rings. The van der Waals surface area contributed by atoms with Gasteiger partial charge in [-0.25, -0.2) is 4.79 Å². The third kappa shape index (κ3) is 4.68. The van der Waals surface area contributed by atoms with Crippen LogP contribution in [0.5, 0.6) is 0 Å². The van der Waals surface area contributed by atoms with Crippen LogP contribution in [0.1, 0.15) is 49.3 Å². The zero-order valence-corrected chi connectivity index (χ0v) is 25.3.